The van der Waals surface area contributed by atoms with Crippen LogP contribution in [0, 0.1) is 35.0 Å². The lowest BCUT2D eigenvalue weighted by Crippen LogP contribution is -2.30. The van der Waals surface area contributed by atoms with Crippen molar-refractivity contribution in [1.82, 2.24) is 5.43 Å². The molecule has 0 fully saturated rings. The van der Waals surface area contributed by atoms with E-state index in [1.807, 2.05) is 5.43 Å². The van der Waals surface area contributed by atoms with Crippen LogP contribution < -0.4 is 10.9 Å². The van der Waals surface area contributed by atoms with Crippen molar-refractivity contribution in [3.05, 3.63) is 50.5 Å². The molecule has 0 bridgehead atoms. The van der Waals surface area contributed by atoms with E-state index in [4.69, 9.17) is 0 Å². The minimum absolute atomic E-state index is 0.301. The summed E-state index contributed by atoms with van der Waals surface area (Å²) < 4.78 is 66.3. The van der Waals surface area contributed by atoms with Crippen molar-refractivity contribution < 1.29 is 26.7 Å². The molecule has 0 saturated heterocycles. The maximum Gasteiger partial charge on any atom is 0.279 e. The van der Waals surface area contributed by atoms with Crippen LogP contribution in [0.25, 0.3) is 0 Å². The predicted octanol–water partition coefficient (Wildman–Crippen LogP) is 4.33. The second kappa shape index (κ2) is 6.62. The van der Waals surface area contributed by atoms with Gasteiger partial charge >= 0.3 is 0 Å². The lowest BCUT2D eigenvalue weighted by atomic mass is 9.90. The summed E-state index contributed by atoms with van der Waals surface area (Å²) in [4.78, 5) is 13.5. The quantitative estimate of drug-likeness (QED) is 0.362. The monoisotopic (exact) mass is 376 g/mol. The lowest BCUT2D eigenvalue weighted by molar-refractivity contribution is 0.0966. The molecule has 0 aliphatic heterocycles. The number of rotatable bonds is 3. The molecule has 0 saturated carbocycles. The Morgan fingerprint density at radius 3 is 2.32 bits per heavy atom. The molecule has 1 aliphatic carbocycles. The van der Waals surface area contributed by atoms with Gasteiger partial charge < -0.3 is 0 Å². The molecule has 1 aromatic heterocycles. The average molecular weight is 376 g/mol. The molecule has 2 aromatic rings. The van der Waals surface area contributed by atoms with Gasteiger partial charge in [-0.1, -0.05) is 6.92 Å². The Morgan fingerprint density at radius 1 is 1.08 bits per heavy atom. The molecule has 134 valence electrons. The van der Waals surface area contributed by atoms with E-state index in [1.165, 1.54) is 11.3 Å². The number of benzene rings is 1. The number of halogens is 5. The maximum atomic E-state index is 13.6. The summed E-state index contributed by atoms with van der Waals surface area (Å²) in [7, 11) is 0. The van der Waals surface area contributed by atoms with Gasteiger partial charge in [0.25, 0.3) is 5.91 Å². The molecule has 3 nitrogen and oxygen atoms in total. The molecule has 1 atom stereocenters. The molecule has 0 radical (unpaired) electrons. The van der Waals surface area contributed by atoms with Crippen LogP contribution in [-0.2, 0) is 12.8 Å². The Labute approximate surface area is 143 Å². The molecule has 3 rings (SSSR count). The van der Waals surface area contributed by atoms with Crippen molar-refractivity contribution in [2.45, 2.75) is 26.2 Å². The number of anilines is 1. The highest BCUT2D eigenvalue weighted by Gasteiger charge is 2.26. The Balaban J connectivity index is 1.78. The van der Waals surface area contributed by atoms with Gasteiger partial charge in [-0.25, -0.2) is 22.0 Å². The number of amides is 1. The van der Waals surface area contributed by atoms with Crippen LogP contribution >= 0.6 is 11.3 Å². The third kappa shape index (κ3) is 3.20. The Morgan fingerprint density at radius 2 is 1.68 bits per heavy atom. The number of hydrogen-bond acceptors (Lipinski definition) is 3. The van der Waals surface area contributed by atoms with Gasteiger partial charge in [0.15, 0.2) is 23.3 Å². The molecular formula is C16H13F5N2OS. The largest absolute Gasteiger partial charge is 0.293 e. The van der Waals surface area contributed by atoms with Crippen LogP contribution in [0.15, 0.2) is 6.07 Å². The van der Waals surface area contributed by atoms with Gasteiger partial charge in [-0.05, 0) is 36.8 Å². The summed E-state index contributed by atoms with van der Waals surface area (Å²) in [5.74, 6) is -10.7. The highest BCUT2D eigenvalue weighted by Crippen LogP contribution is 2.32. The number of aryl methyl sites for hydroxylation is 1. The van der Waals surface area contributed by atoms with Gasteiger partial charge in [0.2, 0.25) is 5.82 Å². The molecule has 25 heavy (non-hydrogen) atoms. The summed E-state index contributed by atoms with van der Waals surface area (Å²) in [6.45, 7) is 2.10. The molecule has 1 heterocycles. The van der Waals surface area contributed by atoms with Gasteiger partial charge in [-0.3, -0.25) is 15.6 Å². The minimum atomic E-state index is -2.26. The van der Waals surface area contributed by atoms with Crippen molar-refractivity contribution in [2.75, 3.05) is 5.43 Å². The van der Waals surface area contributed by atoms with Crippen molar-refractivity contribution in [3.63, 3.8) is 0 Å². The van der Waals surface area contributed by atoms with E-state index in [0.717, 1.165) is 29.7 Å². The molecule has 1 aromatic carbocycles. The zero-order chi connectivity index (χ0) is 18.3. The summed E-state index contributed by atoms with van der Waals surface area (Å²) in [6, 6.07) is 1.69. The SMILES string of the molecule is C[C@@H]1CCc2sc(C(=O)NNc3c(F)c(F)c(F)c(F)c3F)cc2C1. The molecule has 2 N–H and O–H groups in total. The fraction of sp³-hybridized carbons (Fsp3) is 0.312. The first kappa shape index (κ1) is 17.7. The third-order valence-corrected chi connectivity index (χ3v) is 5.30. The van der Waals surface area contributed by atoms with Crippen LogP contribution in [0.4, 0.5) is 27.6 Å². The van der Waals surface area contributed by atoms with E-state index >= 15 is 0 Å². The van der Waals surface area contributed by atoms with Crippen molar-refractivity contribution in [3.8, 4) is 0 Å². The highest BCUT2D eigenvalue weighted by atomic mass is 32.1. The average Bonchev–Trinajstić information content (AvgIpc) is 3.01. The zero-order valence-electron chi connectivity index (χ0n) is 13.0. The molecule has 0 unspecified atom stereocenters. The summed E-state index contributed by atoms with van der Waals surface area (Å²) in [5, 5.41) is 0. The Bertz CT molecular complexity index is 823. The van der Waals surface area contributed by atoms with Crippen LogP contribution in [0.2, 0.25) is 0 Å². The number of fused-ring (bicyclic) bond motifs is 1. The number of carbonyl (C=O) groups is 1. The first-order valence-electron chi connectivity index (χ1n) is 7.49. The summed E-state index contributed by atoms with van der Waals surface area (Å²) >= 11 is 1.25. The number of carbonyl (C=O) groups excluding carboxylic acids is 1. The predicted molar refractivity (Wildman–Crippen MR) is 82.8 cm³/mol. The molecule has 9 heteroatoms. The standard InChI is InChI=1S/C16H13F5N2OS/c1-6-2-3-8-7(4-6)5-9(25-8)16(24)23-22-15-13(20)11(18)10(17)12(19)14(15)21/h5-6,22H,2-4H2,1H3,(H,23,24)/t6-/m1/s1. The van der Waals surface area contributed by atoms with Gasteiger partial charge in [-0.15, -0.1) is 11.3 Å². The summed E-state index contributed by atoms with van der Waals surface area (Å²) in [5.41, 5.74) is 3.51. The minimum Gasteiger partial charge on any atom is -0.293 e. The van der Waals surface area contributed by atoms with Crippen LogP contribution in [0.3, 0.4) is 0 Å². The number of hydrazine groups is 1. The normalized spacial score (nSPS) is 16.5. The highest BCUT2D eigenvalue weighted by molar-refractivity contribution is 7.14. The van der Waals surface area contributed by atoms with Gasteiger partial charge in [-0.2, -0.15) is 0 Å². The third-order valence-electron chi connectivity index (χ3n) is 4.06. The van der Waals surface area contributed by atoms with Gasteiger partial charge in [0, 0.05) is 4.88 Å². The smallest absolute Gasteiger partial charge is 0.279 e. The first-order valence-corrected chi connectivity index (χ1v) is 8.30. The maximum absolute atomic E-state index is 13.6. The van der Waals surface area contributed by atoms with Crippen molar-refractivity contribution in [2.24, 2.45) is 5.92 Å². The van der Waals surface area contributed by atoms with Crippen molar-refractivity contribution >= 4 is 22.9 Å². The molecular weight excluding hydrogens is 363 g/mol. The van der Waals surface area contributed by atoms with E-state index in [1.54, 1.807) is 11.5 Å². The summed E-state index contributed by atoms with van der Waals surface area (Å²) in [6.07, 6.45) is 2.70. The fourth-order valence-electron chi connectivity index (χ4n) is 2.71. The van der Waals surface area contributed by atoms with Gasteiger partial charge in [0.1, 0.15) is 5.69 Å². The lowest BCUT2D eigenvalue weighted by Gasteiger charge is -2.16. The van der Waals surface area contributed by atoms with E-state index in [-0.39, 0.29) is 0 Å². The molecule has 1 aliphatic rings. The van der Waals surface area contributed by atoms with Crippen LogP contribution in [-0.4, -0.2) is 5.91 Å². The van der Waals surface area contributed by atoms with Gasteiger partial charge in [0.05, 0.1) is 4.88 Å². The number of nitrogens with one attached hydrogen (secondary N) is 2. The number of thiophene rings is 1. The number of hydrogen-bond donors (Lipinski definition) is 2. The van der Waals surface area contributed by atoms with E-state index in [9.17, 15) is 26.7 Å². The second-order valence-electron chi connectivity index (χ2n) is 5.93. The Kier molecular flexibility index (Phi) is 4.68. The topological polar surface area (TPSA) is 41.1 Å². The fourth-order valence-corrected chi connectivity index (χ4v) is 3.82. The molecule has 0 spiro atoms. The van der Waals surface area contributed by atoms with E-state index in [0.29, 0.717) is 10.8 Å². The zero-order valence-corrected chi connectivity index (χ0v) is 13.8. The Hall–Kier alpha value is -2.16. The van der Waals surface area contributed by atoms with E-state index in [2.05, 4.69) is 6.92 Å². The van der Waals surface area contributed by atoms with Crippen LogP contribution in [0.5, 0.6) is 0 Å². The van der Waals surface area contributed by atoms with E-state index < -0.39 is 40.7 Å². The van der Waals surface area contributed by atoms with Crippen molar-refractivity contribution in [1.29, 1.82) is 0 Å². The van der Waals surface area contributed by atoms with Crippen LogP contribution in [0.1, 0.15) is 33.5 Å². The molecule has 1 amide bonds. The second-order valence-corrected chi connectivity index (χ2v) is 7.07. The first-order chi connectivity index (χ1) is 11.8.